The van der Waals surface area contributed by atoms with E-state index < -0.39 is 5.63 Å². The maximum atomic E-state index is 13.1. The third-order valence-corrected chi connectivity index (χ3v) is 7.07. The van der Waals surface area contributed by atoms with Crippen LogP contribution in [-0.2, 0) is 6.42 Å². The van der Waals surface area contributed by atoms with Crippen LogP contribution in [0, 0.1) is 0 Å². The van der Waals surface area contributed by atoms with E-state index in [2.05, 4.69) is 48.5 Å². The van der Waals surface area contributed by atoms with Gasteiger partial charge in [0.25, 0.3) is 0 Å². The molecule has 0 bridgehead atoms. The van der Waals surface area contributed by atoms with E-state index >= 15 is 0 Å². The van der Waals surface area contributed by atoms with Gasteiger partial charge < -0.3 is 9.52 Å². The van der Waals surface area contributed by atoms with Gasteiger partial charge in [0.1, 0.15) is 11.3 Å². The largest absolute Gasteiger partial charge is 0.507 e. The zero-order valence-corrected chi connectivity index (χ0v) is 18.6. The lowest BCUT2D eigenvalue weighted by molar-refractivity contribution is 0.437. The summed E-state index contributed by atoms with van der Waals surface area (Å²) < 4.78 is 5.63. The Hall–Kier alpha value is -4.11. The van der Waals surface area contributed by atoms with Crippen LogP contribution in [0.25, 0.3) is 22.1 Å². The molecule has 2 atom stereocenters. The number of para-hydroxylation sites is 1. The van der Waals surface area contributed by atoms with Gasteiger partial charge in [0.15, 0.2) is 0 Å². The van der Waals surface area contributed by atoms with Crippen molar-refractivity contribution in [2.45, 2.75) is 24.7 Å². The van der Waals surface area contributed by atoms with Crippen LogP contribution in [0.1, 0.15) is 40.5 Å². The van der Waals surface area contributed by atoms with Gasteiger partial charge in [-0.3, -0.25) is 0 Å². The molecule has 5 aromatic rings. The van der Waals surface area contributed by atoms with Gasteiger partial charge >= 0.3 is 5.63 Å². The van der Waals surface area contributed by atoms with Crippen molar-refractivity contribution in [1.29, 1.82) is 0 Å². The van der Waals surface area contributed by atoms with E-state index in [0.717, 1.165) is 18.4 Å². The van der Waals surface area contributed by atoms with Crippen molar-refractivity contribution in [3.05, 3.63) is 136 Å². The van der Waals surface area contributed by atoms with Crippen LogP contribution in [0.3, 0.4) is 0 Å². The monoisotopic (exact) mass is 444 g/mol. The van der Waals surface area contributed by atoms with E-state index in [-0.39, 0.29) is 17.6 Å². The Balaban J connectivity index is 1.43. The number of hydrogen-bond acceptors (Lipinski definition) is 3. The quantitative estimate of drug-likeness (QED) is 0.304. The second-order valence-electron chi connectivity index (χ2n) is 9.02. The molecule has 34 heavy (non-hydrogen) atoms. The molecule has 1 N–H and O–H groups in total. The van der Waals surface area contributed by atoms with Crippen molar-refractivity contribution in [3.8, 4) is 16.9 Å². The fourth-order valence-corrected chi connectivity index (χ4v) is 5.38. The standard InChI is InChI=1S/C31H24O3/c32-30-26-12-6-7-13-28(26)34-31(33)29(30)27-19-24(18-23-10-4-5-11-25(23)27)22-16-14-21(15-17-22)20-8-2-1-3-9-20/h1-17,24,27,32H,18-19H2/t24-,27+/m1/s1. The van der Waals surface area contributed by atoms with Crippen LogP contribution in [0.5, 0.6) is 5.75 Å². The molecule has 3 nitrogen and oxygen atoms in total. The van der Waals surface area contributed by atoms with Gasteiger partial charge in [-0.2, -0.15) is 0 Å². The first kappa shape index (κ1) is 20.5. The van der Waals surface area contributed by atoms with Gasteiger partial charge in [-0.05, 0) is 58.7 Å². The summed E-state index contributed by atoms with van der Waals surface area (Å²) in [6.45, 7) is 0. The Bertz CT molecular complexity index is 1530. The zero-order valence-electron chi connectivity index (χ0n) is 18.6. The summed E-state index contributed by atoms with van der Waals surface area (Å²) in [5.74, 6) is 0.0336. The van der Waals surface area contributed by atoms with Crippen molar-refractivity contribution in [1.82, 2.24) is 0 Å². The Labute approximate surface area is 197 Å². The van der Waals surface area contributed by atoms with Crippen molar-refractivity contribution in [3.63, 3.8) is 0 Å². The highest BCUT2D eigenvalue weighted by Crippen LogP contribution is 2.45. The molecule has 0 saturated carbocycles. The fourth-order valence-electron chi connectivity index (χ4n) is 5.38. The number of rotatable bonds is 3. The van der Waals surface area contributed by atoms with Crippen LogP contribution in [0.4, 0.5) is 0 Å². The van der Waals surface area contributed by atoms with Crippen LogP contribution < -0.4 is 5.63 Å². The summed E-state index contributed by atoms with van der Waals surface area (Å²) in [7, 11) is 0. The number of benzene rings is 4. The third-order valence-electron chi connectivity index (χ3n) is 7.07. The lowest BCUT2D eigenvalue weighted by atomic mass is 9.72. The summed E-state index contributed by atoms with van der Waals surface area (Å²) in [5.41, 5.74) is 6.23. The predicted molar refractivity (Wildman–Crippen MR) is 135 cm³/mol. The number of fused-ring (bicyclic) bond motifs is 2. The normalized spacial score (nSPS) is 17.4. The van der Waals surface area contributed by atoms with Crippen molar-refractivity contribution in [2.75, 3.05) is 0 Å². The summed E-state index contributed by atoms with van der Waals surface area (Å²) >= 11 is 0. The Morgan fingerprint density at radius 3 is 2.24 bits per heavy atom. The molecule has 1 heterocycles. The molecule has 1 aliphatic rings. The predicted octanol–water partition coefficient (Wildman–Crippen LogP) is 7.03. The minimum absolute atomic E-state index is 0.0340. The van der Waals surface area contributed by atoms with Gasteiger partial charge in [-0.1, -0.05) is 91.0 Å². The molecule has 6 rings (SSSR count). The number of aromatic hydroxyl groups is 1. The van der Waals surface area contributed by atoms with Gasteiger partial charge in [-0.25, -0.2) is 4.79 Å². The van der Waals surface area contributed by atoms with Crippen LogP contribution >= 0.6 is 0 Å². The topological polar surface area (TPSA) is 50.4 Å². The van der Waals surface area contributed by atoms with Crippen molar-refractivity contribution in [2.24, 2.45) is 0 Å². The maximum Gasteiger partial charge on any atom is 0.343 e. The fraction of sp³-hybridized carbons (Fsp3) is 0.129. The van der Waals surface area contributed by atoms with Crippen LogP contribution in [-0.4, -0.2) is 5.11 Å². The van der Waals surface area contributed by atoms with Gasteiger partial charge in [-0.15, -0.1) is 0 Å². The molecular formula is C31H24O3. The molecule has 4 aromatic carbocycles. The SMILES string of the molecule is O=c1oc2ccccc2c(O)c1[C@H]1C[C@H](c2ccc(-c3ccccc3)cc2)Cc2ccccc21. The Morgan fingerprint density at radius 2 is 1.41 bits per heavy atom. The van der Waals surface area contributed by atoms with Crippen LogP contribution in [0.2, 0.25) is 0 Å². The highest BCUT2D eigenvalue weighted by Gasteiger charge is 2.33. The molecule has 0 aliphatic heterocycles. The molecule has 0 radical (unpaired) electrons. The lowest BCUT2D eigenvalue weighted by Crippen LogP contribution is -2.23. The molecule has 0 saturated heterocycles. The number of hydrogen-bond donors (Lipinski definition) is 1. The summed E-state index contributed by atoms with van der Waals surface area (Å²) in [6.07, 6.45) is 1.63. The minimum Gasteiger partial charge on any atom is -0.507 e. The van der Waals surface area contributed by atoms with Crippen LogP contribution in [0.15, 0.2) is 112 Å². The highest BCUT2D eigenvalue weighted by molar-refractivity contribution is 5.84. The second kappa shape index (κ2) is 8.35. The van der Waals surface area contributed by atoms with E-state index in [9.17, 15) is 9.90 Å². The van der Waals surface area contributed by atoms with Gasteiger partial charge in [0, 0.05) is 5.92 Å². The Kier molecular flexibility index (Phi) is 5.03. The molecule has 1 aromatic heterocycles. The first-order valence-electron chi connectivity index (χ1n) is 11.7. The summed E-state index contributed by atoms with van der Waals surface area (Å²) in [6, 6.07) is 34.5. The molecule has 3 heteroatoms. The van der Waals surface area contributed by atoms with E-state index in [1.807, 2.05) is 36.4 Å². The highest BCUT2D eigenvalue weighted by atomic mass is 16.4. The van der Waals surface area contributed by atoms with E-state index in [4.69, 9.17) is 4.42 Å². The second-order valence-corrected chi connectivity index (χ2v) is 9.02. The molecular weight excluding hydrogens is 420 g/mol. The van der Waals surface area contributed by atoms with Gasteiger partial charge in [0.2, 0.25) is 0 Å². The van der Waals surface area contributed by atoms with E-state index in [1.54, 1.807) is 18.2 Å². The Morgan fingerprint density at radius 1 is 0.735 bits per heavy atom. The van der Waals surface area contributed by atoms with E-state index in [0.29, 0.717) is 16.5 Å². The molecule has 0 unspecified atom stereocenters. The first-order valence-corrected chi connectivity index (χ1v) is 11.7. The minimum atomic E-state index is -0.462. The molecule has 166 valence electrons. The van der Waals surface area contributed by atoms with Crippen molar-refractivity contribution < 1.29 is 9.52 Å². The molecule has 1 aliphatic carbocycles. The van der Waals surface area contributed by atoms with Crippen molar-refractivity contribution >= 4 is 11.0 Å². The smallest absolute Gasteiger partial charge is 0.343 e. The maximum absolute atomic E-state index is 13.1. The van der Waals surface area contributed by atoms with Gasteiger partial charge in [0.05, 0.1) is 10.9 Å². The lowest BCUT2D eigenvalue weighted by Gasteiger charge is -2.32. The third kappa shape index (κ3) is 3.50. The average Bonchev–Trinajstić information content (AvgIpc) is 2.89. The van der Waals surface area contributed by atoms with E-state index in [1.165, 1.54) is 22.3 Å². The summed E-state index contributed by atoms with van der Waals surface area (Å²) in [5, 5.41) is 11.7. The average molecular weight is 445 g/mol. The molecule has 0 amide bonds. The zero-order chi connectivity index (χ0) is 23.1. The molecule has 0 spiro atoms. The first-order chi connectivity index (χ1) is 16.7. The molecule has 0 fully saturated rings. The summed E-state index contributed by atoms with van der Waals surface area (Å²) in [4.78, 5) is 13.1.